The molecule has 0 fully saturated rings. The second-order valence-corrected chi connectivity index (χ2v) is 43.6. The Kier molecular flexibility index (Phi) is 22.7. The van der Waals surface area contributed by atoms with E-state index < -0.39 is 0 Å². The van der Waals surface area contributed by atoms with E-state index in [1.54, 1.807) is 0 Å². The van der Waals surface area contributed by atoms with Crippen molar-refractivity contribution in [2.45, 2.75) is 13.8 Å². The van der Waals surface area contributed by atoms with Crippen molar-refractivity contribution in [3.63, 3.8) is 0 Å². The molecule has 0 N–H and O–H groups in total. The van der Waals surface area contributed by atoms with E-state index in [4.69, 9.17) is 0 Å². The normalized spacial score (nSPS) is 11.7. The maximum Gasteiger partial charge on any atom is 0.0640 e. The molecule has 0 amide bonds. The van der Waals surface area contributed by atoms with Gasteiger partial charge in [-0.1, -0.05) is 406 Å². The molecule has 5 aromatic heterocycles. The number of nitrogens with zero attached hydrogens (tertiary/aromatic N) is 5. The highest BCUT2D eigenvalue weighted by Gasteiger charge is 2.33. The Morgan fingerprint density at radius 2 is 0.300 bits per heavy atom. The first kappa shape index (κ1) is 89.8. The molecule has 0 aliphatic heterocycles. The van der Waals surface area contributed by atoms with Gasteiger partial charge in [-0.3, -0.25) is 0 Å². The SMILES string of the molecule is Cc1cccc(N(c2c3ccccc3c(N(c3cccc(C)c3)c3cccc4c3sc3ccccc34)c3ccccc23)c2cccc3c2sc2ccccc23)c1.c1ccc(-c2c3ccccc3c(N(c3ccccc3)c3cccc4c3sc3ccccc34)c3ccccc23)cc1.c1ccc(N(c2c3ccccc3c(N(c3ccccc3)c3cccc4c3sc3ccccc34)c3ccccc23)c2cccc3c2sc2ccccc23)cc1. The lowest BCUT2D eigenvalue weighted by Gasteiger charge is -2.33. The van der Waals surface area contributed by atoms with E-state index in [1.807, 2.05) is 56.7 Å². The lowest BCUT2D eigenvalue weighted by atomic mass is 9.90. The van der Waals surface area contributed by atoms with Crippen LogP contribution in [0.1, 0.15) is 11.1 Å². The van der Waals surface area contributed by atoms with Gasteiger partial charge in [-0.25, -0.2) is 0 Å². The van der Waals surface area contributed by atoms with Gasteiger partial charge in [-0.15, -0.1) is 56.7 Å². The van der Waals surface area contributed by atoms with Gasteiger partial charge in [0, 0.05) is 160 Å². The largest absolute Gasteiger partial charge is 0.308 e. The molecule has 0 aliphatic rings. The Hall–Kier alpha value is -17.8. The Balaban J connectivity index is 0.000000110. The molecule has 0 spiro atoms. The van der Waals surface area contributed by atoms with E-state index in [0.29, 0.717) is 0 Å². The molecule has 150 heavy (non-hydrogen) atoms. The molecule has 0 aliphatic carbocycles. The zero-order valence-electron chi connectivity index (χ0n) is 82.0. The third-order valence-electron chi connectivity index (χ3n) is 29.5. The van der Waals surface area contributed by atoms with E-state index in [2.05, 4.69) is 566 Å². The van der Waals surface area contributed by atoms with Crippen LogP contribution in [0.15, 0.2) is 528 Å². The van der Waals surface area contributed by atoms with Gasteiger partial charge in [0.1, 0.15) is 0 Å². The topological polar surface area (TPSA) is 16.2 Å². The summed E-state index contributed by atoms with van der Waals surface area (Å²) in [6.45, 7) is 4.38. The van der Waals surface area contributed by atoms with Gasteiger partial charge in [0.05, 0.1) is 80.4 Å². The molecular formula is C140H93N5S5. The first-order valence-corrected chi connectivity index (χ1v) is 55.1. The van der Waals surface area contributed by atoms with Crippen LogP contribution in [0.5, 0.6) is 0 Å². The van der Waals surface area contributed by atoms with Gasteiger partial charge in [0.15, 0.2) is 0 Å². The average molecular weight is 2010 g/mol. The Morgan fingerprint density at radius 3 is 0.527 bits per heavy atom. The van der Waals surface area contributed by atoms with Crippen molar-refractivity contribution in [3.05, 3.63) is 539 Å². The quantitative estimate of drug-likeness (QED) is 0.0706. The molecule has 30 rings (SSSR count). The predicted molar refractivity (Wildman–Crippen MR) is 657 cm³/mol. The van der Waals surface area contributed by atoms with Crippen LogP contribution in [0.25, 0.3) is 177 Å². The van der Waals surface area contributed by atoms with Crippen molar-refractivity contribution < 1.29 is 0 Å². The molecule has 708 valence electrons. The molecular weight excluding hydrogens is 1910 g/mol. The molecule has 0 unspecified atom stereocenters. The predicted octanol–water partition coefficient (Wildman–Crippen LogP) is 43.5. The van der Waals surface area contributed by atoms with Crippen molar-refractivity contribution >= 4 is 307 Å². The van der Waals surface area contributed by atoms with E-state index in [-0.39, 0.29) is 0 Å². The minimum atomic E-state index is 1.13. The summed E-state index contributed by atoms with van der Waals surface area (Å²) in [6, 6.07) is 193. The van der Waals surface area contributed by atoms with E-state index in [9.17, 15) is 0 Å². The summed E-state index contributed by atoms with van der Waals surface area (Å²) in [6.07, 6.45) is 0. The minimum Gasteiger partial charge on any atom is -0.308 e. The molecule has 30 aromatic rings. The highest BCUT2D eigenvalue weighted by Crippen LogP contribution is 2.60. The van der Waals surface area contributed by atoms with Gasteiger partial charge in [0.25, 0.3) is 0 Å². The van der Waals surface area contributed by atoms with Crippen LogP contribution in [0.3, 0.4) is 0 Å². The van der Waals surface area contributed by atoms with E-state index >= 15 is 0 Å². The van der Waals surface area contributed by atoms with Crippen LogP contribution in [-0.2, 0) is 0 Å². The van der Waals surface area contributed by atoms with Gasteiger partial charge in [0.2, 0.25) is 0 Å². The summed E-state index contributed by atoms with van der Waals surface area (Å²) in [5.74, 6) is 0. The highest BCUT2D eigenvalue weighted by molar-refractivity contribution is 7.28. The van der Waals surface area contributed by atoms with Crippen molar-refractivity contribution in [1.82, 2.24) is 0 Å². The van der Waals surface area contributed by atoms with Crippen LogP contribution < -0.4 is 24.5 Å². The molecule has 0 saturated heterocycles. The Bertz CT molecular complexity index is 9920. The van der Waals surface area contributed by atoms with Crippen LogP contribution in [0, 0.1) is 13.8 Å². The second-order valence-electron chi connectivity index (χ2n) is 38.4. The maximum atomic E-state index is 2.53. The Morgan fingerprint density at radius 1 is 0.133 bits per heavy atom. The number of rotatable bonds is 16. The summed E-state index contributed by atoms with van der Waals surface area (Å²) in [4.78, 5) is 12.6. The maximum absolute atomic E-state index is 2.53. The van der Waals surface area contributed by atoms with Crippen molar-refractivity contribution in [1.29, 1.82) is 0 Å². The number of thiophene rings is 5. The lowest BCUT2D eigenvalue weighted by Crippen LogP contribution is -2.15. The zero-order valence-corrected chi connectivity index (χ0v) is 86.1. The number of benzene rings is 25. The van der Waals surface area contributed by atoms with E-state index in [0.717, 1.165) is 28.4 Å². The van der Waals surface area contributed by atoms with Crippen LogP contribution in [0.4, 0.5) is 85.3 Å². The fraction of sp³-hybridized carbons (Fsp3) is 0.0143. The van der Waals surface area contributed by atoms with Gasteiger partial charge >= 0.3 is 0 Å². The van der Waals surface area contributed by atoms with Crippen molar-refractivity contribution in [3.8, 4) is 11.1 Å². The Labute approximate surface area is 888 Å². The molecule has 0 saturated carbocycles. The number of aryl methyl sites for hydroxylation is 2. The second kappa shape index (κ2) is 37.9. The van der Waals surface area contributed by atoms with Crippen LogP contribution >= 0.6 is 56.7 Å². The van der Waals surface area contributed by atoms with Crippen LogP contribution in [-0.4, -0.2) is 0 Å². The van der Waals surface area contributed by atoms with Gasteiger partial charge < -0.3 is 24.5 Å². The monoisotopic (exact) mass is 2000 g/mol. The van der Waals surface area contributed by atoms with Crippen molar-refractivity contribution in [2.24, 2.45) is 0 Å². The molecule has 25 aromatic carbocycles. The third kappa shape index (κ3) is 15.3. The van der Waals surface area contributed by atoms with Crippen LogP contribution in [0.2, 0.25) is 0 Å². The fourth-order valence-electron chi connectivity index (χ4n) is 23.1. The highest BCUT2D eigenvalue weighted by atomic mass is 32.1. The number of hydrogen-bond donors (Lipinski definition) is 0. The molecule has 0 bridgehead atoms. The molecule has 10 heteroatoms. The molecule has 5 nitrogen and oxygen atoms in total. The summed E-state index contributed by atoms with van der Waals surface area (Å²) in [7, 11) is 0. The average Bonchev–Trinajstić information content (AvgIpc) is 1.19. The zero-order chi connectivity index (χ0) is 99.4. The summed E-state index contributed by atoms with van der Waals surface area (Å²) >= 11 is 9.38. The fourth-order valence-corrected chi connectivity index (χ4v) is 29.2. The third-order valence-corrected chi connectivity index (χ3v) is 35.6. The molecule has 0 radical (unpaired) electrons. The standard InChI is InChI=1S/C52H36N2S2.C50H32N2S2.C38H25NS/c1-33-15-11-17-35(31-33)53(45-27-13-25-43-37-19-7-9-29-47(37)55-51(43)45)49-39-21-3-5-23-41(39)50(42-24-6-4-22-40(42)49)54(36-18-12-16-34(2)32-36)46-28-14-26-44-38-20-8-10-30-48(38)56-52(44)46;1-3-17-33(18-4-1)51(43-29-15-27-41-35-21-11-13-31-45(35)53-49(41)43)47-37-23-7-9-25-39(37)48(40-26-10-8-24-38(40)47)52(34-19-5-2-6-20-34)44-30-16-28-42-36-22-12-14-32-46(36)54-50(42)44;1-3-14-26(15-4-1)36-29-19-7-9-21-31(29)37(32-22-10-8-20-30(32)36)39(27-16-5-2-6-17-27)34-24-13-23-33-28-18-11-12-25-35(28)40-38(33)34/h3-32H,1-2H3;1-32H;1-25H. The minimum absolute atomic E-state index is 1.13. The smallest absolute Gasteiger partial charge is 0.0640 e. The van der Waals surface area contributed by atoms with Gasteiger partial charge in [-0.2, -0.15) is 0 Å². The summed E-state index contributed by atoms with van der Waals surface area (Å²) in [5, 5.41) is 27.5. The number of hydrogen-bond acceptors (Lipinski definition) is 10. The van der Waals surface area contributed by atoms with Crippen molar-refractivity contribution in [2.75, 3.05) is 24.5 Å². The lowest BCUT2D eigenvalue weighted by molar-refractivity contribution is 1.30. The summed E-state index contributed by atoms with van der Waals surface area (Å²) < 4.78 is 12.9. The summed E-state index contributed by atoms with van der Waals surface area (Å²) in [5.41, 5.74) is 22.5. The first-order valence-electron chi connectivity index (χ1n) is 51.0. The first-order chi connectivity index (χ1) is 74.3. The molecule has 5 heterocycles. The number of fused-ring (bicyclic) bond motifs is 21. The number of anilines is 15. The molecule has 0 atom stereocenters. The van der Waals surface area contributed by atoms with E-state index in [1.165, 1.54) is 245 Å². The number of para-hydroxylation sites is 3. The van der Waals surface area contributed by atoms with Gasteiger partial charge in [-0.05, 0) is 168 Å².